The summed E-state index contributed by atoms with van der Waals surface area (Å²) in [4.78, 5) is 11.7. The highest BCUT2D eigenvalue weighted by Gasteiger charge is 2.09. The van der Waals surface area contributed by atoms with E-state index in [1.54, 1.807) is 12.3 Å². The Bertz CT molecular complexity index is 479. The molecule has 106 valence electrons. The summed E-state index contributed by atoms with van der Waals surface area (Å²) in [6.07, 6.45) is 2.50. The van der Waals surface area contributed by atoms with Gasteiger partial charge in [-0.25, -0.2) is 0 Å². The van der Waals surface area contributed by atoms with Crippen molar-refractivity contribution in [2.45, 2.75) is 25.0 Å². The Morgan fingerprint density at radius 3 is 2.79 bits per heavy atom. The molecular formula is C13H18ClNO3S. The number of aromatic hydroxyl groups is 1. The van der Waals surface area contributed by atoms with Gasteiger partial charge >= 0.3 is 0 Å². The first kappa shape index (κ1) is 16.0. The van der Waals surface area contributed by atoms with Crippen molar-refractivity contribution in [2.24, 2.45) is 0 Å². The number of amides is 1. The van der Waals surface area contributed by atoms with Gasteiger partial charge in [0.15, 0.2) is 0 Å². The first-order chi connectivity index (χ1) is 8.90. The van der Waals surface area contributed by atoms with E-state index in [2.05, 4.69) is 5.32 Å². The Morgan fingerprint density at radius 1 is 1.53 bits per heavy atom. The molecule has 0 aliphatic heterocycles. The van der Waals surface area contributed by atoms with Gasteiger partial charge in [0.1, 0.15) is 5.75 Å². The maximum Gasteiger partial charge on any atom is 0.224 e. The molecule has 19 heavy (non-hydrogen) atoms. The molecule has 0 aliphatic rings. The molecule has 0 radical (unpaired) electrons. The van der Waals surface area contributed by atoms with Crippen LogP contribution in [-0.4, -0.2) is 33.3 Å². The Balaban J connectivity index is 2.41. The molecule has 0 heterocycles. The molecular weight excluding hydrogens is 286 g/mol. The van der Waals surface area contributed by atoms with Crippen LogP contribution in [0.3, 0.4) is 0 Å². The summed E-state index contributed by atoms with van der Waals surface area (Å²) in [5.74, 6) is -0.0601. The summed E-state index contributed by atoms with van der Waals surface area (Å²) in [5.41, 5.74) is 0.670. The van der Waals surface area contributed by atoms with E-state index in [0.717, 1.165) is 0 Å². The molecule has 0 saturated heterocycles. The molecule has 0 bridgehead atoms. The number of carbonyl (C=O) groups excluding carboxylic acids is 1. The fourth-order valence-electron chi connectivity index (χ4n) is 1.50. The zero-order valence-corrected chi connectivity index (χ0v) is 12.6. The molecule has 0 saturated carbocycles. The highest BCUT2D eigenvalue weighted by Crippen LogP contribution is 2.21. The van der Waals surface area contributed by atoms with E-state index in [1.807, 2.05) is 6.92 Å². The number of phenolic OH excluding ortho intramolecular Hbond substituents is 1. The summed E-state index contributed by atoms with van der Waals surface area (Å²) < 4.78 is 11.1. The molecule has 1 amide bonds. The van der Waals surface area contributed by atoms with Gasteiger partial charge in [0.05, 0.1) is 6.42 Å². The number of benzene rings is 1. The average molecular weight is 304 g/mol. The minimum absolute atomic E-state index is 0.0672. The van der Waals surface area contributed by atoms with Crippen molar-refractivity contribution < 1.29 is 14.1 Å². The molecule has 0 aliphatic carbocycles. The van der Waals surface area contributed by atoms with E-state index in [1.165, 1.54) is 12.1 Å². The van der Waals surface area contributed by atoms with Gasteiger partial charge in [-0.1, -0.05) is 24.6 Å². The maximum absolute atomic E-state index is 11.7. The largest absolute Gasteiger partial charge is 0.508 e. The van der Waals surface area contributed by atoms with Crippen LogP contribution in [0.1, 0.15) is 18.9 Å². The second kappa shape index (κ2) is 7.50. The van der Waals surface area contributed by atoms with E-state index in [-0.39, 0.29) is 23.3 Å². The fraction of sp³-hybridized carbons (Fsp3) is 0.462. The number of hydrogen-bond acceptors (Lipinski definition) is 3. The third-order valence-electron chi connectivity index (χ3n) is 2.83. The van der Waals surface area contributed by atoms with Crippen molar-refractivity contribution in [1.82, 2.24) is 5.32 Å². The monoisotopic (exact) mass is 303 g/mol. The van der Waals surface area contributed by atoms with Crippen LogP contribution >= 0.6 is 11.6 Å². The Kier molecular flexibility index (Phi) is 6.31. The van der Waals surface area contributed by atoms with E-state index >= 15 is 0 Å². The van der Waals surface area contributed by atoms with Crippen molar-refractivity contribution in [3.63, 3.8) is 0 Å². The zero-order valence-electron chi connectivity index (χ0n) is 11.0. The highest BCUT2D eigenvalue weighted by atomic mass is 35.5. The molecule has 1 aromatic carbocycles. The summed E-state index contributed by atoms with van der Waals surface area (Å²) in [7, 11) is -0.869. The lowest BCUT2D eigenvalue weighted by molar-refractivity contribution is -0.120. The zero-order chi connectivity index (χ0) is 14.4. The Morgan fingerprint density at radius 2 is 2.21 bits per heavy atom. The van der Waals surface area contributed by atoms with Crippen LogP contribution in [0.15, 0.2) is 18.2 Å². The van der Waals surface area contributed by atoms with Crippen LogP contribution in [-0.2, 0) is 22.0 Å². The molecule has 0 fully saturated rings. The lowest BCUT2D eigenvalue weighted by Gasteiger charge is -2.10. The van der Waals surface area contributed by atoms with Crippen molar-refractivity contribution >= 4 is 28.3 Å². The van der Waals surface area contributed by atoms with E-state index in [9.17, 15) is 14.1 Å². The molecule has 1 aromatic rings. The molecule has 0 aromatic heterocycles. The topological polar surface area (TPSA) is 66.4 Å². The molecule has 0 unspecified atom stereocenters. The van der Waals surface area contributed by atoms with Gasteiger partial charge in [-0.15, -0.1) is 0 Å². The summed E-state index contributed by atoms with van der Waals surface area (Å²) in [5, 5.41) is 12.4. The van der Waals surface area contributed by atoms with Crippen LogP contribution in [0, 0.1) is 0 Å². The predicted octanol–water partition coefficient (Wildman–Crippen LogP) is 1.86. The van der Waals surface area contributed by atoms with Crippen LogP contribution in [0.25, 0.3) is 0 Å². The Hall–Kier alpha value is -1.07. The van der Waals surface area contributed by atoms with Gasteiger partial charge in [-0.3, -0.25) is 9.00 Å². The average Bonchev–Trinajstić information content (AvgIpc) is 2.32. The first-order valence-electron chi connectivity index (χ1n) is 5.96. The summed E-state index contributed by atoms with van der Waals surface area (Å²) in [6, 6.07) is 4.53. The smallest absolute Gasteiger partial charge is 0.224 e. The number of rotatable bonds is 6. The number of phenols is 1. The molecule has 6 heteroatoms. The van der Waals surface area contributed by atoms with Gasteiger partial charge in [0.2, 0.25) is 5.91 Å². The van der Waals surface area contributed by atoms with Crippen LogP contribution in [0.2, 0.25) is 5.02 Å². The minimum atomic E-state index is -0.869. The van der Waals surface area contributed by atoms with E-state index in [0.29, 0.717) is 23.6 Å². The summed E-state index contributed by atoms with van der Waals surface area (Å²) in [6.45, 7) is 2.38. The fourth-order valence-corrected chi connectivity index (χ4v) is 2.19. The molecule has 2 N–H and O–H groups in total. The Labute approximate surface area is 120 Å². The molecule has 4 nitrogen and oxygen atoms in total. The number of halogens is 1. The van der Waals surface area contributed by atoms with Crippen molar-refractivity contribution in [1.29, 1.82) is 0 Å². The van der Waals surface area contributed by atoms with Crippen LogP contribution in [0.5, 0.6) is 5.75 Å². The lowest BCUT2D eigenvalue weighted by atomic mass is 10.1. The molecule has 0 spiro atoms. The van der Waals surface area contributed by atoms with Gasteiger partial charge in [-0.05, 0) is 24.1 Å². The van der Waals surface area contributed by atoms with Crippen LogP contribution in [0.4, 0.5) is 0 Å². The minimum Gasteiger partial charge on any atom is -0.508 e. The standard InChI is InChI=1S/C13H18ClNO3S/c1-9(19(2)18)5-6-15-13(17)7-10-3-4-11(16)8-12(10)14/h3-4,8-9,16H,5-7H2,1-2H3,(H,15,17)/t9-,19+/m1/s1. The maximum atomic E-state index is 11.7. The highest BCUT2D eigenvalue weighted by molar-refractivity contribution is 7.84. The second-order valence-corrected chi connectivity index (χ2v) is 6.61. The van der Waals surface area contributed by atoms with Crippen molar-refractivity contribution in [3.8, 4) is 5.75 Å². The SMILES string of the molecule is C[C@H](CCNC(=O)Cc1ccc(O)cc1Cl)[S@](C)=O. The van der Waals surface area contributed by atoms with Gasteiger partial charge in [-0.2, -0.15) is 0 Å². The van der Waals surface area contributed by atoms with E-state index < -0.39 is 10.8 Å². The van der Waals surface area contributed by atoms with Crippen molar-refractivity contribution in [3.05, 3.63) is 28.8 Å². The second-order valence-electron chi connectivity index (χ2n) is 4.40. The number of hydrogen-bond donors (Lipinski definition) is 2. The number of nitrogens with one attached hydrogen (secondary N) is 1. The normalized spacial score (nSPS) is 13.8. The van der Waals surface area contributed by atoms with E-state index in [4.69, 9.17) is 11.6 Å². The quantitative estimate of drug-likeness (QED) is 0.843. The molecule has 2 atom stereocenters. The van der Waals surface area contributed by atoms with Gasteiger partial charge in [0, 0.05) is 33.9 Å². The van der Waals surface area contributed by atoms with Crippen molar-refractivity contribution in [2.75, 3.05) is 12.8 Å². The number of carbonyl (C=O) groups is 1. The predicted molar refractivity (Wildman–Crippen MR) is 78.0 cm³/mol. The third-order valence-corrected chi connectivity index (χ3v) is 4.55. The molecule has 1 rings (SSSR count). The van der Waals surface area contributed by atoms with Gasteiger partial charge in [0.25, 0.3) is 0 Å². The van der Waals surface area contributed by atoms with Gasteiger partial charge < -0.3 is 10.4 Å². The first-order valence-corrected chi connectivity index (χ1v) is 7.96. The van der Waals surface area contributed by atoms with Crippen LogP contribution < -0.4 is 5.32 Å². The lowest BCUT2D eigenvalue weighted by Crippen LogP contribution is -2.28. The third kappa shape index (κ3) is 5.61. The summed E-state index contributed by atoms with van der Waals surface area (Å²) >= 11 is 5.92.